The van der Waals surface area contributed by atoms with Crippen LogP contribution in [0.4, 0.5) is 11.4 Å². The van der Waals surface area contributed by atoms with Gasteiger partial charge in [-0.15, -0.1) is 0 Å². The van der Waals surface area contributed by atoms with Gasteiger partial charge in [-0.3, -0.25) is 0 Å². The summed E-state index contributed by atoms with van der Waals surface area (Å²) in [5.41, 5.74) is 9.50. The van der Waals surface area contributed by atoms with E-state index in [1.807, 2.05) is 17.8 Å². The molecule has 2 rings (SSSR count). The smallest absolute Gasteiger partial charge is 0.0401 e. The van der Waals surface area contributed by atoms with E-state index >= 15 is 0 Å². The van der Waals surface area contributed by atoms with Crippen LogP contribution in [0.2, 0.25) is 0 Å². The maximum absolute atomic E-state index is 5.79. The van der Waals surface area contributed by atoms with E-state index in [1.54, 1.807) is 0 Å². The van der Waals surface area contributed by atoms with Crippen molar-refractivity contribution in [3.05, 3.63) is 23.8 Å². The molecule has 1 aromatic rings. The number of rotatable bonds is 5. The van der Waals surface area contributed by atoms with Crippen LogP contribution in [-0.2, 0) is 6.42 Å². The zero-order chi connectivity index (χ0) is 11.4. The average molecular weight is 236 g/mol. The van der Waals surface area contributed by atoms with Crippen LogP contribution < -0.4 is 10.6 Å². The molecule has 1 heterocycles. The Balaban J connectivity index is 1.91. The molecule has 0 saturated heterocycles. The third kappa shape index (κ3) is 2.64. The van der Waals surface area contributed by atoms with Crippen LogP contribution in [0.15, 0.2) is 18.2 Å². The number of nitrogens with two attached hydrogens (primary N) is 1. The molecule has 0 amide bonds. The van der Waals surface area contributed by atoms with E-state index in [1.165, 1.54) is 35.7 Å². The Morgan fingerprint density at radius 3 is 3.12 bits per heavy atom. The average Bonchev–Trinajstić information content (AvgIpc) is 2.67. The van der Waals surface area contributed by atoms with Crippen LogP contribution in [0.5, 0.6) is 0 Å². The molecule has 88 valence electrons. The summed E-state index contributed by atoms with van der Waals surface area (Å²) in [5.74, 6) is 2.50. The number of fused-ring (bicyclic) bond motifs is 1. The lowest BCUT2D eigenvalue weighted by atomic mass is 10.1. The Labute approximate surface area is 102 Å². The molecule has 0 fully saturated rings. The Hall–Kier alpha value is -0.830. The van der Waals surface area contributed by atoms with Crippen LogP contribution in [0.3, 0.4) is 0 Å². The summed E-state index contributed by atoms with van der Waals surface area (Å²) < 4.78 is 0. The molecule has 0 saturated carbocycles. The number of anilines is 2. The molecule has 3 heteroatoms. The van der Waals surface area contributed by atoms with Crippen LogP contribution in [0, 0.1) is 0 Å². The number of thioether (sulfide) groups is 1. The highest BCUT2D eigenvalue weighted by Gasteiger charge is 2.17. The number of nitrogen functional groups attached to an aromatic ring is 1. The Morgan fingerprint density at radius 2 is 2.31 bits per heavy atom. The summed E-state index contributed by atoms with van der Waals surface area (Å²) in [6, 6.07) is 6.30. The van der Waals surface area contributed by atoms with Crippen molar-refractivity contribution in [2.45, 2.75) is 19.8 Å². The molecule has 0 radical (unpaired) electrons. The van der Waals surface area contributed by atoms with Gasteiger partial charge in [0.05, 0.1) is 0 Å². The molecule has 0 spiro atoms. The zero-order valence-corrected chi connectivity index (χ0v) is 10.7. The standard InChI is InChI=1S/C13H20N2S/c1-2-16-9-3-7-15-8-6-11-10-12(14)4-5-13(11)15/h4-5,10H,2-3,6-9,14H2,1H3. The van der Waals surface area contributed by atoms with E-state index in [4.69, 9.17) is 5.73 Å². The van der Waals surface area contributed by atoms with Crippen LogP contribution >= 0.6 is 11.8 Å². The lowest BCUT2D eigenvalue weighted by Crippen LogP contribution is -2.22. The van der Waals surface area contributed by atoms with E-state index in [0.717, 1.165) is 18.7 Å². The summed E-state index contributed by atoms with van der Waals surface area (Å²) in [4.78, 5) is 2.49. The molecular weight excluding hydrogens is 216 g/mol. The molecule has 0 bridgehead atoms. The van der Waals surface area contributed by atoms with Gasteiger partial charge in [0.1, 0.15) is 0 Å². The molecule has 1 aliphatic heterocycles. The summed E-state index contributed by atoms with van der Waals surface area (Å²) in [6.45, 7) is 4.57. The lowest BCUT2D eigenvalue weighted by Gasteiger charge is -2.19. The van der Waals surface area contributed by atoms with Crippen molar-refractivity contribution in [1.82, 2.24) is 0 Å². The van der Waals surface area contributed by atoms with Gasteiger partial charge < -0.3 is 10.6 Å². The van der Waals surface area contributed by atoms with Crippen LogP contribution in [0.1, 0.15) is 18.9 Å². The van der Waals surface area contributed by atoms with Crippen molar-refractivity contribution in [1.29, 1.82) is 0 Å². The molecule has 16 heavy (non-hydrogen) atoms. The van der Waals surface area contributed by atoms with Crippen molar-refractivity contribution in [3.63, 3.8) is 0 Å². The molecule has 2 nitrogen and oxygen atoms in total. The molecule has 1 aliphatic rings. The van der Waals surface area contributed by atoms with Crippen LogP contribution in [0.25, 0.3) is 0 Å². The van der Waals surface area contributed by atoms with Crippen molar-refractivity contribution in [3.8, 4) is 0 Å². The van der Waals surface area contributed by atoms with Crippen molar-refractivity contribution >= 4 is 23.1 Å². The Morgan fingerprint density at radius 1 is 1.44 bits per heavy atom. The number of benzene rings is 1. The zero-order valence-electron chi connectivity index (χ0n) is 9.91. The normalized spacial score (nSPS) is 14.2. The van der Waals surface area contributed by atoms with Gasteiger partial charge in [-0.2, -0.15) is 11.8 Å². The molecule has 1 aromatic carbocycles. The minimum Gasteiger partial charge on any atom is -0.399 e. The molecule has 0 atom stereocenters. The second-order valence-electron chi connectivity index (χ2n) is 4.18. The fourth-order valence-electron chi connectivity index (χ4n) is 2.22. The number of hydrogen-bond acceptors (Lipinski definition) is 3. The molecule has 2 N–H and O–H groups in total. The van der Waals surface area contributed by atoms with Gasteiger partial charge >= 0.3 is 0 Å². The highest BCUT2D eigenvalue weighted by Crippen LogP contribution is 2.29. The van der Waals surface area contributed by atoms with Gasteiger partial charge in [-0.25, -0.2) is 0 Å². The third-order valence-electron chi connectivity index (χ3n) is 3.02. The minimum absolute atomic E-state index is 0.891. The quantitative estimate of drug-likeness (QED) is 0.629. The molecule has 0 unspecified atom stereocenters. The fourth-order valence-corrected chi connectivity index (χ4v) is 2.85. The first kappa shape index (κ1) is 11.6. The highest BCUT2D eigenvalue weighted by molar-refractivity contribution is 7.99. The van der Waals surface area contributed by atoms with Gasteiger partial charge in [0, 0.05) is 24.5 Å². The third-order valence-corrected chi connectivity index (χ3v) is 4.00. The monoisotopic (exact) mass is 236 g/mol. The van der Waals surface area contributed by atoms with Crippen LogP contribution in [-0.4, -0.2) is 24.6 Å². The predicted molar refractivity (Wildman–Crippen MR) is 74.4 cm³/mol. The van der Waals surface area contributed by atoms with Crippen molar-refractivity contribution < 1.29 is 0 Å². The minimum atomic E-state index is 0.891. The van der Waals surface area contributed by atoms with Gasteiger partial charge in [0.25, 0.3) is 0 Å². The van der Waals surface area contributed by atoms with E-state index in [9.17, 15) is 0 Å². The maximum Gasteiger partial charge on any atom is 0.0401 e. The first-order valence-corrected chi connectivity index (χ1v) is 7.18. The second kappa shape index (κ2) is 5.48. The largest absolute Gasteiger partial charge is 0.399 e. The SMILES string of the molecule is CCSCCCN1CCc2cc(N)ccc21. The van der Waals surface area contributed by atoms with E-state index in [2.05, 4.69) is 24.0 Å². The van der Waals surface area contributed by atoms with Gasteiger partial charge in [-0.1, -0.05) is 6.92 Å². The second-order valence-corrected chi connectivity index (χ2v) is 5.57. The summed E-state index contributed by atoms with van der Waals surface area (Å²) >= 11 is 2.03. The fraction of sp³-hybridized carbons (Fsp3) is 0.538. The Bertz CT molecular complexity index is 352. The molecule has 0 aromatic heterocycles. The maximum atomic E-state index is 5.79. The van der Waals surface area contributed by atoms with Crippen molar-refractivity contribution in [2.24, 2.45) is 0 Å². The molecule has 0 aliphatic carbocycles. The van der Waals surface area contributed by atoms with E-state index in [-0.39, 0.29) is 0 Å². The van der Waals surface area contributed by atoms with Crippen molar-refractivity contribution in [2.75, 3.05) is 35.2 Å². The number of hydrogen-bond donors (Lipinski definition) is 1. The van der Waals surface area contributed by atoms with Gasteiger partial charge in [0.2, 0.25) is 0 Å². The Kier molecular flexibility index (Phi) is 3.99. The summed E-state index contributed by atoms with van der Waals surface area (Å²) in [7, 11) is 0. The predicted octanol–water partition coefficient (Wildman–Crippen LogP) is 2.77. The first-order chi connectivity index (χ1) is 7.81. The summed E-state index contributed by atoms with van der Waals surface area (Å²) in [5, 5.41) is 0. The van der Waals surface area contributed by atoms with E-state index < -0.39 is 0 Å². The van der Waals surface area contributed by atoms with Gasteiger partial charge in [-0.05, 0) is 48.1 Å². The van der Waals surface area contributed by atoms with E-state index in [0.29, 0.717) is 0 Å². The molecular formula is C13H20N2S. The topological polar surface area (TPSA) is 29.3 Å². The lowest BCUT2D eigenvalue weighted by molar-refractivity contribution is 0.801. The number of nitrogens with zero attached hydrogens (tertiary/aromatic N) is 1. The van der Waals surface area contributed by atoms with Gasteiger partial charge in [0.15, 0.2) is 0 Å². The summed E-state index contributed by atoms with van der Waals surface area (Å²) in [6.07, 6.45) is 2.43. The highest BCUT2D eigenvalue weighted by atomic mass is 32.2. The first-order valence-electron chi connectivity index (χ1n) is 6.02.